The Kier molecular flexibility index (Phi) is 1.63. The summed E-state index contributed by atoms with van der Waals surface area (Å²) in [7, 11) is 1.75. The van der Waals surface area contributed by atoms with Gasteiger partial charge in [0.05, 0.1) is 0 Å². The molecule has 0 amide bonds. The van der Waals surface area contributed by atoms with Gasteiger partial charge in [0.25, 0.3) is 0 Å². The summed E-state index contributed by atoms with van der Waals surface area (Å²) in [4.78, 5) is 0. The lowest BCUT2D eigenvalue weighted by Gasteiger charge is -2.07. The molecule has 1 nitrogen and oxygen atoms in total. The molecule has 0 atom stereocenters. The van der Waals surface area contributed by atoms with Crippen LogP contribution in [0.5, 0.6) is 0 Å². The monoisotopic (exact) mass is 115 g/mol. The third kappa shape index (κ3) is 2.45. The Labute approximate surface area is 39.4 Å². The third-order valence-electron chi connectivity index (χ3n) is 0.463. The zero-order valence-electron chi connectivity index (χ0n) is 4.04. The fraction of sp³-hybridized carbons (Fsp3) is 1.00. The highest BCUT2D eigenvalue weighted by atomic mass is 19.4. The molecule has 0 rings (SSSR count). The molecule has 0 aliphatic heterocycles. The van der Waals surface area contributed by atoms with Gasteiger partial charge in [0, 0.05) is 0 Å². The molecule has 0 aromatic rings. The van der Waals surface area contributed by atoms with Crippen LogP contribution in [0.25, 0.3) is 0 Å². The average Bonchev–Trinajstić information content (AvgIpc) is 1.31. The molecular formula is C3H6F3O+. The second kappa shape index (κ2) is 1.69. The minimum Gasteiger partial charge on any atom is -0.339 e. The standard InChI is InChI=1S/C3H6F3O/c1-7(2)3(4,5)6/h1-2H3/q+1. The van der Waals surface area contributed by atoms with Gasteiger partial charge in [0.2, 0.25) is 0 Å². The van der Waals surface area contributed by atoms with Crippen molar-refractivity contribution < 1.29 is 17.5 Å². The molecule has 0 saturated carbocycles. The first-order chi connectivity index (χ1) is 2.94. The molecule has 4 heteroatoms. The van der Waals surface area contributed by atoms with Crippen LogP contribution in [0.3, 0.4) is 0 Å². The second-order valence-electron chi connectivity index (χ2n) is 1.26. The minimum absolute atomic E-state index is 0.875. The molecule has 0 heterocycles. The van der Waals surface area contributed by atoms with E-state index in [0.717, 1.165) is 18.6 Å². The van der Waals surface area contributed by atoms with Crippen molar-refractivity contribution in [1.82, 2.24) is 0 Å². The Hall–Kier alpha value is -0.250. The van der Waals surface area contributed by atoms with Crippen LogP contribution in [0, 0.1) is 0 Å². The molecule has 0 aliphatic carbocycles. The maximum atomic E-state index is 11.1. The fourth-order valence-corrected chi connectivity index (χ4v) is 0. The summed E-state index contributed by atoms with van der Waals surface area (Å²) >= 11 is 0. The maximum absolute atomic E-state index is 11.1. The van der Waals surface area contributed by atoms with Crippen molar-refractivity contribution in [3.05, 3.63) is 0 Å². The van der Waals surface area contributed by atoms with E-state index in [9.17, 15) is 13.2 Å². The molecule has 0 N–H and O–H groups in total. The van der Waals surface area contributed by atoms with Gasteiger partial charge >= 0.3 is 6.36 Å². The van der Waals surface area contributed by atoms with Gasteiger partial charge in [-0.1, -0.05) is 13.2 Å². The van der Waals surface area contributed by atoms with E-state index in [1.54, 1.807) is 0 Å². The fourth-order valence-electron chi connectivity index (χ4n) is 0. The van der Waals surface area contributed by atoms with Crippen molar-refractivity contribution in [2.45, 2.75) is 6.36 Å². The lowest BCUT2D eigenvalue weighted by molar-refractivity contribution is -0.407. The summed E-state index contributed by atoms with van der Waals surface area (Å²) in [6.45, 7) is 0. The van der Waals surface area contributed by atoms with Crippen molar-refractivity contribution in [3.63, 3.8) is 0 Å². The number of hydrogen-bond donors (Lipinski definition) is 0. The highest BCUT2D eigenvalue weighted by Crippen LogP contribution is 2.19. The predicted molar refractivity (Wildman–Crippen MR) is 19.0 cm³/mol. The first-order valence-corrected chi connectivity index (χ1v) is 1.59. The van der Waals surface area contributed by atoms with E-state index in [2.05, 4.69) is 0 Å². The number of halogens is 3. The van der Waals surface area contributed by atoms with Crippen LogP contribution in [-0.4, -0.2) is 20.6 Å². The van der Waals surface area contributed by atoms with E-state index >= 15 is 0 Å². The van der Waals surface area contributed by atoms with Gasteiger partial charge in [-0.25, -0.2) is 0 Å². The third-order valence-corrected chi connectivity index (χ3v) is 0.463. The Morgan fingerprint density at radius 2 is 1.29 bits per heavy atom. The van der Waals surface area contributed by atoms with Crippen molar-refractivity contribution in [2.24, 2.45) is 0 Å². The quantitative estimate of drug-likeness (QED) is 0.419. The van der Waals surface area contributed by atoms with Crippen LogP contribution in [0.2, 0.25) is 0 Å². The first-order valence-electron chi connectivity index (χ1n) is 1.59. The molecule has 0 radical (unpaired) electrons. The zero-order chi connectivity index (χ0) is 6.08. The van der Waals surface area contributed by atoms with Crippen molar-refractivity contribution in [3.8, 4) is 0 Å². The molecule has 0 bridgehead atoms. The summed E-state index contributed by atoms with van der Waals surface area (Å²) in [6, 6.07) is 0. The SMILES string of the molecule is C[O+](C)C(F)(F)F. The summed E-state index contributed by atoms with van der Waals surface area (Å²) < 4.78 is 34.1. The molecule has 0 saturated heterocycles. The van der Waals surface area contributed by atoms with Crippen LogP contribution < -0.4 is 0 Å². The Balaban J connectivity index is 3.54. The second-order valence-corrected chi connectivity index (χ2v) is 1.26. The lowest BCUT2D eigenvalue weighted by Crippen LogP contribution is -2.21. The van der Waals surface area contributed by atoms with Gasteiger partial charge in [-0.15, -0.1) is 0 Å². The molecule has 0 unspecified atom stereocenters. The molecule has 0 aliphatic rings. The zero-order valence-corrected chi connectivity index (χ0v) is 4.04. The summed E-state index contributed by atoms with van der Waals surface area (Å²) in [5, 5.41) is 0. The van der Waals surface area contributed by atoms with E-state index in [0.29, 0.717) is 0 Å². The number of hydrogen-bond acceptors (Lipinski definition) is 0. The van der Waals surface area contributed by atoms with Crippen LogP contribution in [0.1, 0.15) is 0 Å². The Morgan fingerprint density at radius 1 is 1.14 bits per heavy atom. The Morgan fingerprint density at radius 3 is 1.29 bits per heavy atom. The molecule has 44 valence electrons. The highest BCUT2D eigenvalue weighted by Gasteiger charge is 2.40. The van der Waals surface area contributed by atoms with E-state index < -0.39 is 6.36 Å². The normalized spacial score (nSPS) is 12.9. The van der Waals surface area contributed by atoms with Gasteiger partial charge in [-0.2, -0.15) is 0 Å². The number of rotatable bonds is 0. The van der Waals surface area contributed by atoms with E-state index in [1.807, 2.05) is 0 Å². The summed E-state index contributed by atoms with van der Waals surface area (Å²) in [5.74, 6) is 0. The van der Waals surface area contributed by atoms with Gasteiger partial charge in [0.1, 0.15) is 14.2 Å². The highest BCUT2D eigenvalue weighted by molar-refractivity contribution is 4.24. The van der Waals surface area contributed by atoms with E-state index in [-0.39, 0.29) is 0 Å². The van der Waals surface area contributed by atoms with Crippen LogP contribution in [-0.2, 0) is 4.37 Å². The van der Waals surface area contributed by atoms with Crippen LogP contribution in [0.15, 0.2) is 0 Å². The Bertz CT molecular complexity index is 55.7. The van der Waals surface area contributed by atoms with Crippen molar-refractivity contribution in [2.75, 3.05) is 14.2 Å². The first kappa shape index (κ1) is 6.75. The van der Waals surface area contributed by atoms with Gasteiger partial charge in [0.15, 0.2) is 0 Å². The number of alkyl halides is 3. The van der Waals surface area contributed by atoms with E-state index in [1.165, 1.54) is 0 Å². The van der Waals surface area contributed by atoms with Crippen LogP contribution in [0.4, 0.5) is 13.2 Å². The molecular weight excluding hydrogens is 109 g/mol. The predicted octanol–water partition coefficient (Wildman–Crippen LogP) is 1.32. The van der Waals surface area contributed by atoms with Crippen molar-refractivity contribution in [1.29, 1.82) is 0 Å². The topological polar surface area (TPSA) is 2.70 Å². The molecule has 0 aromatic heterocycles. The smallest absolute Gasteiger partial charge is 0.339 e. The maximum Gasteiger partial charge on any atom is 0.653 e. The van der Waals surface area contributed by atoms with Crippen molar-refractivity contribution >= 4 is 0 Å². The molecule has 7 heavy (non-hydrogen) atoms. The summed E-state index contributed by atoms with van der Waals surface area (Å²) in [6.07, 6.45) is -4.25. The summed E-state index contributed by atoms with van der Waals surface area (Å²) in [5.41, 5.74) is 0. The van der Waals surface area contributed by atoms with Gasteiger partial charge < -0.3 is 4.37 Å². The lowest BCUT2D eigenvalue weighted by atomic mass is 11.2. The van der Waals surface area contributed by atoms with Gasteiger partial charge in [-0.05, 0) is 0 Å². The average molecular weight is 115 g/mol. The van der Waals surface area contributed by atoms with Crippen LogP contribution >= 0.6 is 0 Å². The minimum atomic E-state index is -4.25. The van der Waals surface area contributed by atoms with Gasteiger partial charge in [-0.3, -0.25) is 0 Å². The largest absolute Gasteiger partial charge is 0.653 e. The molecule has 0 aromatic carbocycles. The molecule has 0 spiro atoms. The molecule has 0 fully saturated rings. The van der Waals surface area contributed by atoms with E-state index in [4.69, 9.17) is 0 Å².